The second-order valence-electron chi connectivity index (χ2n) is 4.24. The first kappa shape index (κ1) is 21.1. The molecule has 0 bridgehead atoms. The third-order valence-corrected chi connectivity index (χ3v) is 3.99. The number of guanidine groups is 1. The van der Waals surface area contributed by atoms with Crippen LogP contribution < -0.4 is 15.4 Å². The largest absolute Gasteiger partial charge is 0.357 e. The van der Waals surface area contributed by atoms with E-state index in [1.165, 1.54) is 0 Å². The van der Waals surface area contributed by atoms with E-state index in [-0.39, 0.29) is 29.7 Å². The van der Waals surface area contributed by atoms with E-state index in [0.29, 0.717) is 25.6 Å². The molecule has 1 rings (SSSR count). The van der Waals surface area contributed by atoms with Crippen LogP contribution >= 0.6 is 24.0 Å². The smallest absolute Gasteiger partial charge is 0.211 e. The maximum atomic E-state index is 11.3. The van der Waals surface area contributed by atoms with Gasteiger partial charge in [0.1, 0.15) is 0 Å². The Bertz CT molecular complexity index is 537. The molecule has 1 heterocycles. The van der Waals surface area contributed by atoms with Gasteiger partial charge in [0.05, 0.1) is 18.0 Å². The van der Waals surface area contributed by atoms with Crippen LogP contribution in [0.5, 0.6) is 0 Å². The third-order valence-electron chi connectivity index (χ3n) is 2.59. The molecule has 3 N–H and O–H groups in total. The van der Waals surface area contributed by atoms with Crippen molar-refractivity contribution in [2.45, 2.75) is 20.4 Å². The Labute approximate surface area is 149 Å². The molecule has 9 heteroatoms. The highest BCUT2D eigenvalue weighted by Gasteiger charge is 2.04. The summed E-state index contributed by atoms with van der Waals surface area (Å²) in [5.74, 6) is 0.722. The number of rotatable bonds is 8. The molecule has 0 radical (unpaired) electrons. The van der Waals surface area contributed by atoms with E-state index in [0.717, 1.165) is 12.2 Å². The molecular formula is C13H24IN5O2S. The van der Waals surface area contributed by atoms with Crippen molar-refractivity contribution < 1.29 is 8.42 Å². The Balaban J connectivity index is 0.00000441. The first-order valence-electron chi connectivity index (χ1n) is 6.96. The van der Waals surface area contributed by atoms with E-state index >= 15 is 0 Å². The van der Waals surface area contributed by atoms with Gasteiger partial charge in [0.2, 0.25) is 10.0 Å². The summed E-state index contributed by atoms with van der Waals surface area (Å²) in [7, 11) is -3.15. The van der Waals surface area contributed by atoms with Gasteiger partial charge in [-0.2, -0.15) is 0 Å². The predicted molar refractivity (Wildman–Crippen MR) is 99.9 cm³/mol. The minimum absolute atomic E-state index is 0. The highest BCUT2D eigenvalue weighted by Crippen LogP contribution is 1.95. The topological polar surface area (TPSA) is 95.5 Å². The van der Waals surface area contributed by atoms with Crippen LogP contribution in [0.4, 0.5) is 0 Å². The second-order valence-corrected chi connectivity index (χ2v) is 6.34. The summed E-state index contributed by atoms with van der Waals surface area (Å²) >= 11 is 0. The molecule has 0 atom stereocenters. The molecular weight excluding hydrogens is 417 g/mol. The minimum atomic E-state index is -3.15. The first-order valence-corrected chi connectivity index (χ1v) is 8.62. The van der Waals surface area contributed by atoms with Gasteiger partial charge in [-0.15, -0.1) is 24.0 Å². The molecule has 0 aliphatic carbocycles. The summed E-state index contributed by atoms with van der Waals surface area (Å²) in [6.45, 7) is 5.56. The molecule has 7 nitrogen and oxygen atoms in total. The normalized spacial score (nSPS) is 11.6. The van der Waals surface area contributed by atoms with Crippen molar-refractivity contribution >= 4 is 40.0 Å². The van der Waals surface area contributed by atoms with Crippen molar-refractivity contribution in [3.63, 3.8) is 0 Å². The molecule has 0 spiro atoms. The SMILES string of the molecule is CCNC(=NCc1ccccn1)NCCNS(=O)(=O)CC.I. The summed E-state index contributed by atoms with van der Waals surface area (Å²) in [5.41, 5.74) is 0.876. The van der Waals surface area contributed by atoms with E-state index in [1.807, 2.05) is 25.1 Å². The Morgan fingerprint density at radius 2 is 2.00 bits per heavy atom. The van der Waals surface area contributed by atoms with Crippen LogP contribution in [0.15, 0.2) is 29.4 Å². The molecule has 0 aromatic carbocycles. The minimum Gasteiger partial charge on any atom is -0.357 e. The van der Waals surface area contributed by atoms with Crippen LogP contribution in [-0.2, 0) is 16.6 Å². The van der Waals surface area contributed by atoms with Gasteiger partial charge in [0.15, 0.2) is 5.96 Å². The molecule has 126 valence electrons. The van der Waals surface area contributed by atoms with Crippen molar-refractivity contribution in [2.24, 2.45) is 4.99 Å². The quantitative estimate of drug-likeness (QED) is 0.239. The van der Waals surface area contributed by atoms with E-state index in [9.17, 15) is 8.42 Å². The maximum absolute atomic E-state index is 11.3. The highest BCUT2D eigenvalue weighted by atomic mass is 127. The van der Waals surface area contributed by atoms with Crippen molar-refractivity contribution in [3.8, 4) is 0 Å². The van der Waals surface area contributed by atoms with E-state index in [2.05, 4.69) is 25.3 Å². The summed E-state index contributed by atoms with van der Waals surface area (Å²) < 4.78 is 25.1. The molecule has 0 saturated carbocycles. The fourth-order valence-corrected chi connectivity index (χ4v) is 2.10. The fourth-order valence-electron chi connectivity index (χ4n) is 1.48. The number of hydrogen-bond donors (Lipinski definition) is 3. The summed E-state index contributed by atoms with van der Waals surface area (Å²) in [5, 5.41) is 6.17. The number of nitrogens with one attached hydrogen (secondary N) is 3. The number of aliphatic imine (C=N–C) groups is 1. The average Bonchev–Trinajstić information content (AvgIpc) is 2.50. The molecule has 0 saturated heterocycles. The third kappa shape index (κ3) is 9.15. The van der Waals surface area contributed by atoms with E-state index < -0.39 is 10.0 Å². The second kappa shape index (κ2) is 11.6. The van der Waals surface area contributed by atoms with Gasteiger partial charge in [0.25, 0.3) is 0 Å². The van der Waals surface area contributed by atoms with Crippen LogP contribution in [0.1, 0.15) is 19.5 Å². The zero-order valence-corrected chi connectivity index (χ0v) is 16.0. The molecule has 0 aliphatic heterocycles. The van der Waals surface area contributed by atoms with Crippen molar-refractivity contribution in [1.82, 2.24) is 20.3 Å². The standard InChI is InChI=1S/C13H23N5O2S.HI/c1-3-14-13(16-9-10-18-21(19,20)4-2)17-11-12-7-5-6-8-15-12;/h5-8,18H,3-4,9-11H2,1-2H3,(H2,14,16,17);1H. The van der Waals surface area contributed by atoms with Gasteiger partial charge < -0.3 is 10.6 Å². The number of aromatic nitrogens is 1. The van der Waals surface area contributed by atoms with Crippen LogP contribution in [0.3, 0.4) is 0 Å². The summed E-state index contributed by atoms with van der Waals surface area (Å²) in [6.07, 6.45) is 1.73. The number of nitrogens with zero attached hydrogens (tertiary/aromatic N) is 2. The van der Waals surface area contributed by atoms with Crippen LogP contribution in [0.2, 0.25) is 0 Å². The number of sulfonamides is 1. The molecule has 22 heavy (non-hydrogen) atoms. The maximum Gasteiger partial charge on any atom is 0.211 e. The average molecular weight is 441 g/mol. The van der Waals surface area contributed by atoms with E-state index in [1.54, 1.807) is 13.1 Å². The van der Waals surface area contributed by atoms with Gasteiger partial charge in [-0.05, 0) is 26.0 Å². The Morgan fingerprint density at radius 3 is 2.59 bits per heavy atom. The molecule has 1 aromatic heterocycles. The number of pyridine rings is 1. The van der Waals surface area contributed by atoms with Crippen molar-refractivity contribution in [1.29, 1.82) is 0 Å². The Kier molecular flexibility index (Phi) is 11.1. The summed E-state index contributed by atoms with van der Waals surface area (Å²) in [6, 6.07) is 5.68. The lowest BCUT2D eigenvalue weighted by atomic mass is 10.3. The van der Waals surface area contributed by atoms with Crippen molar-refractivity contribution in [3.05, 3.63) is 30.1 Å². The molecule has 1 aromatic rings. The van der Waals surface area contributed by atoms with Gasteiger partial charge in [-0.25, -0.2) is 18.1 Å². The van der Waals surface area contributed by atoms with Crippen LogP contribution in [0.25, 0.3) is 0 Å². The Morgan fingerprint density at radius 1 is 1.23 bits per heavy atom. The lowest BCUT2D eigenvalue weighted by Crippen LogP contribution is -2.41. The molecule has 0 fully saturated rings. The van der Waals surface area contributed by atoms with Gasteiger partial charge in [-0.3, -0.25) is 4.98 Å². The fraction of sp³-hybridized carbons (Fsp3) is 0.538. The molecule has 0 amide bonds. The number of halogens is 1. The van der Waals surface area contributed by atoms with Gasteiger partial charge in [0, 0.05) is 25.8 Å². The Hall–Kier alpha value is -0.940. The van der Waals surface area contributed by atoms with Crippen LogP contribution in [0, 0.1) is 0 Å². The zero-order valence-electron chi connectivity index (χ0n) is 12.9. The summed E-state index contributed by atoms with van der Waals surface area (Å²) in [4.78, 5) is 8.59. The van der Waals surface area contributed by atoms with Crippen molar-refractivity contribution in [2.75, 3.05) is 25.4 Å². The number of hydrogen-bond acceptors (Lipinski definition) is 4. The van der Waals surface area contributed by atoms with Crippen LogP contribution in [-0.4, -0.2) is 44.7 Å². The predicted octanol–water partition coefficient (Wildman–Crippen LogP) is 0.694. The molecule has 0 unspecified atom stereocenters. The lowest BCUT2D eigenvalue weighted by molar-refractivity contribution is 0.582. The highest BCUT2D eigenvalue weighted by molar-refractivity contribution is 14.0. The lowest BCUT2D eigenvalue weighted by Gasteiger charge is -2.11. The van der Waals surface area contributed by atoms with E-state index in [4.69, 9.17) is 0 Å². The molecule has 0 aliphatic rings. The van der Waals surface area contributed by atoms with Gasteiger partial charge >= 0.3 is 0 Å². The monoisotopic (exact) mass is 441 g/mol. The zero-order chi connectivity index (χ0) is 15.6. The van der Waals surface area contributed by atoms with Gasteiger partial charge in [-0.1, -0.05) is 6.07 Å². The first-order chi connectivity index (χ1) is 10.1.